The molecule has 1 saturated heterocycles. The number of aromatic amines is 1. The molecule has 6 unspecified atom stereocenters. The summed E-state index contributed by atoms with van der Waals surface area (Å²) in [6.07, 6.45) is 0.750. The quantitative estimate of drug-likeness (QED) is 0.169. The molecular formula is C36H30ClN3O7S2. The molecule has 3 aromatic carbocycles. The van der Waals surface area contributed by atoms with E-state index in [4.69, 9.17) is 21.1 Å². The van der Waals surface area contributed by atoms with Crippen LogP contribution in [0.3, 0.4) is 0 Å². The number of thioether (sulfide) groups is 1. The molecule has 7 atom stereocenters. The van der Waals surface area contributed by atoms with Crippen molar-refractivity contribution in [1.82, 2.24) is 4.98 Å². The molecule has 13 heteroatoms. The van der Waals surface area contributed by atoms with Gasteiger partial charge in [0.1, 0.15) is 5.75 Å². The molecule has 0 radical (unpaired) electrons. The number of H-pyrrole nitrogens is 1. The van der Waals surface area contributed by atoms with Gasteiger partial charge in [-0.25, -0.2) is 4.79 Å². The SMILES string of the molecule is CCOC(=O)c1ccc(NC(=O)COc2ccccc2[C@H]2c3sc(=O)[nH]c3SC3C4CC(C5C(=O)N(c6ccc(Cl)cc6)C(=O)C45)C32)cc1. The number of benzene rings is 3. The summed E-state index contributed by atoms with van der Waals surface area (Å²) in [6.45, 7) is 1.73. The Bertz CT molecular complexity index is 2050. The fourth-order valence-electron chi connectivity index (χ4n) is 8.32. The average Bonchev–Trinajstić information content (AvgIpc) is 3.84. The molecule has 2 N–H and O–H groups in total. The summed E-state index contributed by atoms with van der Waals surface area (Å²) in [7, 11) is 0. The lowest BCUT2D eigenvalue weighted by Gasteiger charge is -2.43. The van der Waals surface area contributed by atoms with Gasteiger partial charge >= 0.3 is 10.8 Å². The minimum Gasteiger partial charge on any atom is -0.483 e. The van der Waals surface area contributed by atoms with Crippen LogP contribution >= 0.6 is 34.7 Å². The van der Waals surface area contributed by atoms with E-state index in [0.717, 1.165) is 33.2 Å². The Morgan fingerprint density at radius 1 is 0.959 bits per heavy atom. The summed E-state index contributed by atoms with van der Waals surface area (Å²) >= 11 is 8.87. The van der Waals surface area contributed by atoms with Crippen molar-refractivity contribution in [2.75, 3.05) is 23.4 Å². The number of para-hydroxylation sites is 1. The highest BCUT2D eigenvalue weighted by molar-refractivity contribution is 8.00. The van der Waals surface area contributed by atoms with E-state index >= 15 is 0 Å². The van der Waals surface area contributed by atoms with E-state index in [-0.39, 0.29) is 64.7 Å². The minimum absolute atomic E-state index is 0.00449. The van der Waals surface area contributed by atoms with Crippen LogP contribution in [-0.4, -0.2) is 47.1 Å². The number of hydrogen-bond donors (Lipinski definition) is 2. The first kappa shape index (κ1) is 31.9. The number of rotatable bonds is 8. The van der Waals surface area contributed by atoms with Crippen LogP contribution < -0.4 is 19.8 Å². The molecule has 10 nitrogen and oxygen atoms in total. The first-order valence-electron chi connectivity index (χ1n) is 16.0. The Hall–Kier alpha value is -4.39. The number of halogens is 1. The van der Waals surface area contributed by atoms with E-state index in [1.807, 2.05) is 24.3 Å². The fraction of sp³-hybridized carbons (Fsp3) is 0.306. The van der Waals surface area contributed by atoms with Gasteiger partial charge in [-0.15, -0.1) is 11.8 Å². The smallest absolute Gasteiger partial charge is 0.338 e. The summed E-state index contributed by atoms with van der Waals surface area (Å²) < 4.78 is 11.2. The van der Waals surface area contributed by atoms with Gasteiger partial charge in [0.2, 0.25) is 11.8 Å². The molecule has 1 aromatic heterocycles. The summed E-state index contributed by atoms with van der Waals surface area (Å²) in [5.41, 5.74) is 2.24. The number of nitrogens with one attached hydrogen (secondary N) is 2. The molecular weight excluding hydrogens is 686 g/mol. The standard InChI is InChI=1S/C36H30ClN3O7S2/c1-2-46-35(44)17-7-11-19(12-8-17)38-25(41)16-47-24-6-4-3-5-21(24)26-27-22-15-23(30(27)48-32-31(26)49-36(45)39-32)29-28(22)33(42)40(34(29)43)20-13-9-18(37)10-14-20/h3-14,22-23,26-30H,2,15-16H2,1H3,(H,38,41)(H,39,45)/t22?,23?,26-,27?,28?,29?,30?/m1/s1. The number of carbonyl (C=O) groups excluding carboxylic acids is 4. The molecule has 4 aliphatic rings. The predicted octanol–water partition coefficient (Wildman–Crippen LogP) is 5.96. The van der Waals surface area contributed by atoms with Crippen molar-refractivity contribution in [3.05, 3.63) is 103 Å². The minimum atomic E-state index is -0.455. The first-order valence-corrected chi connectivity index (χ1v) is 18.1. The number of carbonyl (C=O) groups is 4. The van der Waals surface area contributed by atoms with Crippen molar-refractivity contribution in [2.45, 2.75) is 29.5 Å². The molecule has 4 aromatic rings. The molecule has 3 heterocycles. The maximum Gasteiger partial charge on any atom is 0.338 e. The maximum absolute atomic E-state index is 14.0. The highest BCUT2D eigenvalue weighted by Gasteiger charge is 2.69. The first-order chi connectivity index (χ1) is 23.7. The monoisotopic (exact) mass is 715 g/mol. The lowest BCUT2D eigenvalue weighted by molar-refractivity contribution is -0.123. The molecule has 3 amide bonds. The second kappa shape index (κ2) is 12.5. The van der Waals surface area contributed by atoms with E-state index < -0.39 is 17.8 Å². The number of thiazole rings is 1. The molecule has 2 bridgehead atoms. The molecule has 250 valence electrons. The van der Waals surface area contributed by atoms with Crippen LogP contribution in [0.25, 0.3) is 0 Å². The van der Waals surface area contributed by atoms with Gasteiger partial charge < -0.3 is 19.8 Å². The zero-order valence-electron chi connectivity index (χ0n) is 26.1. The predicted molar refractivity (Wildman–Crippen MR) is 185 cm³/mol. The molecule has 2 saturated carbocycles. The van der Waals surface area contributed by atoms with E-state index in [0.29, 0.717) is 27.7 Å². The second-order valence-electron chi connectivity index (χ2n) is 12.6. The molecule has 2 aliphatic carbocycles. The maximum atomic E-state index is 14.0. The van der Waals surface area contributed by atoms with Gasteiger partial charge in [0.25, 0.3) is 5.91 Å². The van der Waals surface area contributed by atoms with Crippen LogP contribution in [0.2, 0.25) is 5.02 Å². The van der Waals surface area contributed by atoms with Gasteiger partial charge in [-0.3, -0.25) is 24.1 Å². The van der Waals surface area contributed by atoms with Crippen LogP contribution in [0.15, 0.2) is 82.6 Å². The summed E-state index contributed by atoms with van der Waals surface area (Å²) in [5.74, 6) is -1.97. The van der Waals surface area contributed by atoms with Crippen LogP contribution in [0.1, 0.15) is 40.1 Å². The largest absolute Gasteiger partial charge is 0.483 e. The van der Waals surface area contributed by atoms with Gasteiger partial charge in [0.05, 0.1) is 34.7 Å². The van der Waals surface area contributed by atoms with Crippen LogP contribution in [0.5, 0.6) is 5.75 Å². The fourth-order valence-corrected chi connectivity index (χ4v) is 11.3. The number of imide groups is 1. The number of aromatic nitrogens is 1. The van der Waals surface area contributed by atoms with Crippen LogP contribution in [0, 0.1) is 29.6 Å². The molecule has 3 fully saturated rings. The Kier molecular flexibility index (Phi) is 8.12. The van der Waals surface area contributed by atoms with Gasteiger partial charge in [-0.1, -0.05) is 41.1 Å². The van der Waals surface area contributed by atoms with Crippen molar-refractivity contribution in [2.24, 2.45) is 29.6 Å². The third-order valence-electron chi connectivity index (χ3n) is 10.1. The Balaban J connectivity index is 1.06. The third-order valence-corrected chi connectivity index (χ3v) is 12.9. The second-order valence-corrected chi connectivity index (χ2v) is 15.3. The van der Waals surface area contributed by atoms with E-state index in [9.17, 15) is 24.0 Å². The number of hydrogen-bond acceptors (Lipinski definition) is 9. The van der Waals surface area contributed by atoms with Gasteiger partial charge in [-0.2, -0.15) is 0 Å². The Labute approximate surface area is 294 Å². The van der Waals surface area contributed by atoms with E-state index in [1.165, 1.54) is 4.90 Å². The van der Waals surface area contributed by atoms with Crippen molar-refractivity contribution in [3.63, 3.8) is 0 Å². The summed E-state index contributed by atoms with van der Waals surface area (Å²) in [6, 6.07) is 20.7. The number of anilines is 2. The molecule has 0 spiro atoms. The van der Waals surface area contributed by atoms with Crippen molar-refractivity contribution >= 4 is 69.8 Å². The summed E-state index contributed by atoms with van der Waals surface area (Å²) in [5, 5.41) is 4.11. The van der Waals surface area contributed by atoms with E-state index in [2.05, 4.69) is 10.3 Å². The van der Waals surface area contributed by atoms with Crippen molar-refractivity contribution < 1.29 is 28.7 Å². The number of nitrogens with zero attached hydrogens (tertiary/aromatic N) is 1. The Morgan fingerprint density at radius 3 is 2.41 bits per heavy atom. The number of esters is 1. The lowest BCUT2D eigenvalue weighted by Crippen LogP contribution is -2.42. The lowest BCUT2D eigenvalue weighted by atomic mass is 9.68. The van der Waals surface area contributed by atoms with Crippen molar-refractivity contribution in [1.29, 1.82) is 0 Å². The zero-order valence-corrected chi connectivity index (χ0v) is 28.5. The number of fused-ring (bicyclic) bond motifs is 9. The normalized spacial score (nSPS) is 26.2. The highest BCUT2D eigenvalue weighted by atomic mass is 35.5. The molecule has 8 rings (SSSR count). The molecule has 49 heavy (non-hydrogen) atoms. The average molecular weight is 716 g/mol. The van der Waals surface area contributed by atoms with E-state index in [1.54, 1.807) is 67.2 Å². The zero-order chi connectivity index (χ0) is 34.0. The van der Waals surface area contributed by atoms with Crippen LogP contribution in [0.4, 0.5) is 11.4 Å². The highest BCUT2D eigenvalue weighted by Crippen LogP contribution is 2.69. The molecule has 2 aliphatic heterocycles. The van der Waals surface area contributed by atoms with Gasteiger partial charge in [0, 0.05) is 32.3 Å². The van der Waals surface area contributed by atoms with Gasteiger partial charge in [0.15, 0.2) is 6.61 Å². The van der Waals surface area contributed by atoms with Crippen molar-refractivity contribution in [3.8, 4) is 5.75 Å². The third kappa shape index (κ3) is 5.37. The Morgan fingerprint density at radius 2 is 1.67 bits per heavy atom. The van der Waals surface area contributed by atoms with Gasteiger partial charge in [-0.05, 0) is 85.7 Å². The summed E-state index contributed by atoms with van der Waals surface area (Å²) in [4.78, 5) is 70.7. The topological polar surface area (TPSA) is 135 Å². The van der Waals surface area contributed by atoms with Crippen LogP contribution in [-0.2, 0) is 19.1 Å². The number of ether oxygens (including phenoxy) is 2. The number of amides is 3.